The fraction of sp³-hybridized carbons (Fsp3) is 0.222. The summed E-state index contributed by atoms with van der Waals surface area (Å²) >= 11 is 0. The zero-order chi connectivity index (χ0) is 24.2. The van der Waals surface area contributed by atoms with Gasteiger partial charge in [0.2, 0.25) is 0 Å². The molecule has 7 nitrogen and oxygen atoms in total. The predicted octanol–water partition coefficient (Wildman–Crippen LogP) is 4.89. The summed E-state index contributed by atoms with van der Waals surface area (Å²) in [4.78, 5) is 36.1. The van der Waals surface area contributed by atoms with Crippen molar-refractivity contribution in [2.24, 2.45) is 5.92 Å². The van der Waals surface area contributed by atoms with Gasteiger partial charge in [0, 0.05) is 23.2 Å². The van der Waals surface area contributed by atoms with E-state index in [1.165, 1.54) is 13.0 Å². The first-order valence-electron chi connectivity index (χ1n) is 11.1. The van der Waals surface area contributed by atoms with E-state index in [0.29, 0.717) is 11.3 Å². The van der Waals surface area contributed by atoms with Crippen molar-refractivity contribution < 1.29 is 24.2 Å². The summed E-state index contributed by atoms with van der Waals surface area (Å²) in [5.41, 5.74) is 5.26. The van der Waals surface area contributed by atoms with Gasteiger partial charge >= 0.3 is 12.1 Å². The van der Waals surface area contributed by atoms with Crippen molar-refractivity contribution in [3.63, 3.8) is 0 Å². The Morgan fingerprint density at radius 1 is 0.912 bits per heavy atom. The number of carbonyl (C=O) groups excluding carboxylic acids is 2. The highest BCUT2D eigenvalue weighted by atomic mass is 16.5. The van der Waals surface area contributed by atoms with Crippen molar-refractivity contribution in [1.82, 2.24) is 5.32 Å². The maximum Gasteiger partial charge on any atom is 0.411 e. The lowest BCUT2D eigenvalue weighted by Gasteiger charge is -2.18. The fourth-order valence-electron chi connectivity index (χ4n) is 4.12. The lowest BCUT2D eigenvalue weighted by Crippen LogP contribution is -2.40. The van der Waals surface area contributed by atoms with Gasteiger partial charge in [-0.2, -0.15) is 0 Å². The van der Waals surface area contributed by atoms with E-state index in [2.05, 4.69) is 34.9 Å². The Morgan fingerprint density at radius 2 is 1.53 bits per heavy atom. The van der Waals surface area contributed by atoms with E-state index in [9.17, 15) is 14.4 Å². The summed E-state index contributed by atoms with van der Waals surface area (Å²) in [7, 11) is 0. The molecule has 0 aromatic heterocycles. The Labute approximate surface area is 197 Å². The van der Waals surface area contributed by atoms with Gasteiger partial charge in [-0.1, -0.05) is 54.6 Å². The molecule has 1 aliphatic rings. The maximum atomic E-state index is 12.5. The van der Waals surface area contributed by atoms with E-state index in [1.807, 2.05) is 24.3 Å². The van der Waals surface area contributed by atoms with Crippen LogP contribution in [0.3, 0.4) is 0 Å². The topological polar surface area (TPSA) is 105 Å². The van der Waals surface area contributed by atoms with Gasteiger partial charge < -0.3 is 15.2 Å². The summed E-state index contributed by atoms with van der Waals surface area (Å²) in [5.74, 6) is -2.19. The summed E-state index contributed by atoms with van der Waals surface area (Å²) in [5, 5.41) is 14.4. The molecule has 0 saturated heterocycles. The number of amides is 2. The molecule has 0 heterocycles. The molecule has 2 atom stereocenters. The highest BCUT2D eigenvalue weighted by Gasteiger charge is 2.29. The lowest BCUT2D eigenvalue weighted by molar-refractivity contribution is -0.141. The van der Waals surface area contributed by atoms with Crippen molar-refractivity contribution in [3.8, 4) is 11.1 Å². The van der Waals surface area contributed by atoms with Crippen LogP contribution in [0.15, 0.2) is 72.8 Å². The predicted molar refractivity (Wildman–Crippen MR) is 129 cm³/mol. The minimum atomic E-state index is -0.988. The van der Waals surface area contributed by atoms with Crippen LogP contribution in [0.25, 0.3) is 11.1 Å². The van der Waals surface area contributed by atoms with Gasteiger partial charge in [0.15, 0.2) is 0 Å². The molecule has 34 heavy (non-hydrogen) atoms. The molecule has 0 bridgehead atoms. The van der Waals surface area contributed by atoms with Crippen molar-refractivity contribution >= 4 is 23.7 Å². The van der Waals surface area contributed by atoms with Gasteiger partial charge in [-0.15, -0.1) is 0 Å². The average Bonchev–Trinajstić information content (AvgIpc) is 3.16. The minimum absolute atomic E-state index is 0.0482. The SMILES string of the molecule is CC(NC(=O)c1cccc(NC(=O)OCC2c3ccccc3-c3ccccc32)c1)C(C)C(=O)O. The quantitative estimate of drug-likeness (QED) is 0.468. The van der Waals surface area contributed by atoms with Crippen LogP contribution in [0, 0.1) is 5.92 Å². The van der Waals surface area contributed by atoms with Crippen molar-refractivity contribution in [2.45, 2.75) is 25.8 Å². The van der Waals surface area contributed by atoms with Crippen LogP contribution >= 0.6 is 0 Å². The molecule has 3 aromatic rings. The van der Waals surface area contributed by atoms with Crippen LogP contribution in [-0.2, 0) is 9.53 Å². The van der Waals surface area contributed by atoms with Crippen LogP contribution in [0.5, 0.6) is 0 Å². The molecule has 4 rings (SSSR count). The first kappa shape index (κ1) is 23.0. The van der Waals surface area contributed by atoms with E-state index in [0.717, 1.165) is 22.3 Å². The molecule has 1 aliphatic carbocycles. The van der Waals surface area contributed by atoms with E-state index >= 15 is 0 Å². The van der Waals surface area contributed by atoms with Gasteiger partial charge in [0.25, 0.3) is 5.91 Å². The molecular weight excluding hydrogens is 432 g/mol. The van der Waals surface area contributed by atoms with Gasteiger partial charge in [0.05, 0.1) is 5.92 Å². The molecule has 0 spiro atoms. The zero-order valence-corrected chi connectivity index (χ0v) is 18.9. The molecule has 0 saturated carbocycles. The van der Waals surface area contributed by atoms with Crippen molar-refractivity contribution in [3.05, 3.63) is 89.5 Å². The molecule has 7 heteroatoms. The standard InChI is InChI=1S/C27H26N2O5/c1-16(26(31)32)17(2)28-25(30)18-8-7-9-19(14-18)29-27(33)34-15-24-22-12-5-3-10-20(22)21-11-4-6-13-23(21)24/h3-14,16-17,24H,15H2,1-2H3,(H,28,30)(H,29,33)(H,31,32). The number of anilines is 1. The second-order valence-electron chi connectivity index (χ2n) is 8.42. The molecule has 2 unspecified atom stereocenters. The van der Waals surface area contributed by atoms with Gasteiger partial charge in [-0.25, -0.2) is 4.79 Å². The zero-order valence-electron chi connectivity index (χ0n) is 18.9. The summed E-state index contributed by atoms with van der Waals surface area (Å²) in [6.07, 6.45) is -0.618. The third kappa shape index (κ3) is 4.78. The fourth-order valence-corrected chi connectivity index (χ4v) is 4.12. The van der Waals surface area contributed by atoms with E-state index in [1.54, 1.807) is 25.1 Å². The molecule has 174 valence electrons. The summed E-state index contributed by atoms with van der Waals surface area (Å²) in [6, 6.07) is 22.1. The van der Waals surface area contributed by atoms with Crippen LogP contribution < -0.4 is 10.6 Å². The highest BCUT2D eigenvalue weighted by molar-refractivity contribution is 5.96. The first-order valence-corrected chi connectivity index (χ1v) is 11.1. The molecular formula is C27H26N2O5. The number of aliphatic carboxylic acids is 1. The second kappa shape index (κ2) is 9.79. The third-order valence-electron chi connectivity index (χ3n) is 6.21. The Morgan fingerprint density at radius 3 is 2.15 bits per heavy atom. The Bertz CT molecular complexity index is 1190. The molecule has 3 N–H and O–H groups in total. The van der Waals surface area contributed by atoms with Crippen LogP contribution in [-0.4, -0.2) is 35.7 Å². The number of hydrogen-bond donors (Lipinski definition) is 3. The largest absolute Gasteiger partial charge is 0.481 e. The average molecular weight is 459 g/mol. The number of carbonyl (C=O) groups is 3. The van der Waals surface area contributed by atoms with E-state index < -0.39 is 29.9 Å². The molecule has 0 fully saturated rings. The number of hydrogen-bond acceptors (Lipinski definition) is 4. The molecule has 0 radical (unpaired) electrons. The number of fused-ring (bicyclic) bond motifs is 3. The Kier molecular flexibility index (Phi) is 6.63. The number of rotatable bonds is 7. The number of benzene rings is 3. The van der Waals surface area contributed by atoms with Gasteiger partial charge in [-0.05, 0) is 54.3 Å². The number of carboxylic acid groups (broad SMARTS) is 1. The van der Waals surface area contributed by atoms with E-state index in [4.69, 9.17) is 9.84 Å². The molecule has 2 amide bonds. The molecule has 0 aliphatic heterocycles. The number of carboxylic acids is 1. The second-order valence-corrected chi connectivity index (χ2v) is 8.42. The number of nitrogens with one attached hydrogen (secondary N) is 2. The van der Waals surface area contributed by atoms with Gasteiger partial charge in [-0.3, -0.25) is 14.9 Å². The Balaban J connectivity index is 1.39. The third-order valence-corrected chi connectivity index (χ3v) is 6.21. The maximum absolute atomic E-state index is 12.5. The normalized spacial score (nSPS) is 13.8. The van der Waals surface area contributed by atoms with Crippen LogP contribution in [0.4, 0.5) is 10.5 Å². The summed E-state index contributed by atoms with van der Waals surface area (Å²) < 4.78 is 5.55. The van der Waals surface area contributed by atoms with Crippen LogP contribution in [0.1, 0.15) is 41.3 Å². The minimum Gasteiger partial charge on any atom is -0.481 e. The Hall–Kier alpha value is -4.13. The van der Waals surface area contributed by atoms with Crippen molar-refractivity contribution in [2.75, 3.05) is 11.9 Å². The van der Waals surface area contributed by atoms with Crippen molar-refractivity contribution in [1.29, 1.82) is 0 Å². The van der Waals surface area contributed by atoms with Crippen LogP contribution in [0.2, 0.25) is 0 Å². The lowest BCUT2D eigenvalue weighted by atomic mass is 9.98. The summed E-state index contributed by atoms with van der Waals surface area (Å²) in [6.45, 7) is 3.35. The van der Waals surface area contributed by atoms with E-state index in [-0.39, 0.29) is 12.5 Å². The smallest absolute Gasteiger partial charge is 0.411 e. The molecule has 3 aromatic carbocycles. The highest BCUT2D eigenvalue weighted by Crippen LogP contribution is 2.44. The first-order chi connectivity index (χ1) is 16.3. The monoisotopic (exact) mass is 458 g/mol. The number of ether oxygens (including phenoxy) is 1. The van der Waals surface area contributed by atoms with Gasteiger partial charge in [0.1, 0.15) is 6.61 Å².